The number of rotatable bonds is 5. The highest BCUT2D eigenvalue weighted by Gasteiger charge is 2.32. The molecule has 6 nitrogen and oxygen atoms in total. The number of likely N-dealkylation sites (tertiary alicyclic amines) is 1. The molecule has 0 aromatic heterocycles. The van der Waals surface area contributed by atoms with Gasteiger partial charge in [-0.25, -0.2) is 4.79 Å². The first-order chi connectivity index (χ1) is 13.1. The molecule has 0 bridgehead atoms. The maximum atomic E-state index is 12.9. The van der Waals surface area contributed by atoms with Crippen molar-refractivity contribution in [2.24, 2.45) is 0 Å². The number of nitrogens with zero attached hydrogens (tertiary/aromatic N) is 2. The SMILES string of the molecule is CCC(NC(=O)N1CCCC1Cc1ccc(C)cc1)C(=O)N1CCOCC1. The summed E-state index contributed by atoms with van der Waals surface area (Å²) in [5.74, 6) is 0.00318. The summed E-state index contributed by atoms with van der Waals surface area (Å²) in [6, 6.07) is 8.13. The second kappa shape index (κ2) is 9.22. The molecule has 2 unspecified atom stereocenters. The molecule has 27 heavy (non-hydrogen) atoms. The van der Waals surface area contributed by atoms with Crippen LogP contribution in [0.2, 0.25) is 0 Å². The average Bonchev–Trinajstić information content (AvgIpc) is 3.16. The number of morpholine rings is 1. The Balaban J connectivity index is 1.59. The standard InChI is InChI=1S/C21H31N3O3/c1-3-19(20(25)23-11-13-27-14-12-23)22-21(26)24-10-4-5-18(24)15-17-8-6-16(2)7-9-17/h6-9,18-19H,3-5,10-15H2,1-2H3,(H,22,26). The molecule has 2 atom stereocenters. The molecule has 2 aliphatic heterocycles. The molecule has 1 aromatic rings. The number of hydrogen-bond acceptors (Lipinski definition) is 3. The van der Waals surface area contributed by atoms with Crippen molar-refractivity contribution in [2.45, 2.75) is 51.6 Å². The highest BCUT2D eigenvalue weighted by molar-refractivity contribution is 5.87. The Morgan fingerprint density at radius 3 is 2.56 bits per heavy atom. The van der Waals surface area contributed by atoms with E-state index in [9.17, 15) is 9.59 Å². The Hall–Kier alpha value is -2.08. The first-order valence-corrected chi connectivity index (χ1v) is 10.1. The predicted molar refractivity (Wildman–Crippen MR) is 105 cm³/mol. The maximum Gasteiger partial charge on any atom is 0.318 e. The number of hydrogen-bond donors (Lipinski definition) is 1. The summed E-state index contributed by atoms with van der Waals surface area (Å²) in [4.78, 5) is 29.3. The van der Waals surface area contributed by atoms with Gasteiger partial charge in [0.15, 0.2) is 0 Å². The summed E-state index contributed by atoms with van der Waals surface area (Å²) in [5.41, 5.74) is 2.49. The van der Waals surface area contributed by atoms with Gasteiger partial charge in [0, 0.05) is 25.7 Å². The van der Waals surface area contributed by atoms with Crippen LogP contribution in [0.1, 0.15) is 37.3 Å². The summed E-state index contributed by atoms with van der Waals surface area (Å²) >= 11 is 0. The summed E-state index contributed by atoms with van der Waals surface area (Å²) in [7, 11) is 0. The van der Waals surface area contributed by atoms with Crippen LogP contribution in [0.15, 0.2) is 24.3 Å². The molecule has 1 N–H and O–H groups in total. The van der Waals surface area contributed by atoms with Gasteiger partial charge in [-0.15, -0.1) is 0 Å². The van der Waals surface area contributed by atoms with Gasteiger partial charge in [-0.3, -0.25) is 4.79 Å². The second-order valence-corrected chi connectivity index (χ2v) is 7.53. The van der Waals surface area contributed by atoms with E-state index in [0.717, 1.165) is 25.8 Å². The molecule has 2 heterocycles. The third-order valence-electron chi connectivity index (χ3n) is 5.56. The zero-order chi connectivity index (χ0) is 19.2. The van der Waals surface area contributed by atoms with Gasteiger partial charge in [0.25, 0.3) is 0 Å². The molecular formula is C21H31N3O3. The van der Waals surface area contributed by atoms with Gasteiger partial charge in [-0.2, -0.15) is 0 Å². The molecule has 0 aliphatic carbocycles. The van der Waals surface area contributed by atoms with Gasteiger partial charge in [-0.05, 0) is 38.2 Å². The topological polar surface area (TPSA) is 61.9 Å². The third kappa shape index (κ3) is 5.01. The van der Waals surface area contributed by atoms with Gasteiger partial charge in [0.2, 0.25) is 5.91 Å². The normalized spacial score (nSPS) is 21.2. The molecule has 148 valence electrons. The quantitative estimate of drug-likeness (QED) is 0.862. The van der Waals surface area contributed by atoms with E-state index in [4.69, 9.17) is 4.74 Å². The fourth-order valence-electron chi connectivity index (χ4n) is 3.89. The van der Waals surface area contributed by atoms with E-state index in [1.165, 1.54) is 11.1 Å². The number of carbonyl (C=O) groups excluding carboxylic acids is 2. The first kappa shape index (κ1) is 19.7. The fourth-order valence-corrected chi connectivity index (χ4v) is 3.89. The zero-order valence-corrected chi connectivity index (χ0v) is 16.4. The van der Waals surface area contributed by atoms with Crippen molar-refractivity contribution < 1.29 is 14.3 Å². The van der Waals surface area contributed by atoms with E-state index in [-0.39, 0.29) is 18.0 Å². The molecule has 2 saturated heterocycles. The number of carbonyl (C=O) groups is 2. The number of benzene rings is 1. The van der Waals surface area contributed by atoms with E-state index in [1.54, 1.807) is 4.90 Å². The van der Waals surface area contributed by atoms with Gasteiger partial charge < -0.3 is 19.9 Å². The Morgan fingerprint density at radius 1 is 1.19 bits per heavy atom. The van der Waals surface area contributed by atoms with Crippen LogP contribution in [-0.4, -0.2) is 66.7 Å². The van der Waals surface area contributed by atoms with Crippen molar-refractivity contribution in [1.82, 2.24) is 15.1 Å². The Morgan fingerprint density at radius 2 is 1.89 bits per heavy atom. The van der Waals surface area contributed by atoms with E-state index < -0.39 is 6.04 Å². The molecule has 1 aromatic carbocycles. The number of nitrogens with one attached hydrogen (secondary N) is 1. The monoisotopic (exact) mass is 373 g/mol. The molecule has 2 fully saturated rings. The minimum atomic E-state index is -0.462. The largest absolute Gasteiger partial charge is 0.378 e. The highest BCUT2D eigenvalue weighted by Crippen LogP contribution is 2.22. The lowest BCUT2D eigenvalue weighted by atomic mass is 10.0. The van der Waals surface area contributed by atoms with Crippen molar-refractivity contribution in [3.63, 3.8) is 0 Å². The van der Waals surface area contributed by atoms with Crippen LogP contribution in [0.4, 0.5) is 4.79 Å². The zero-order valence-electron chi connectivity index (χ0n) is 16.4. The van der Waals surface area contributed by atoms with Crippen LogP contribution in [0.5, 0.6) is 0 Å². The number of amides is 3. The van der Waals surface area contributed by atoms with Crippen LogP contribution in [0.25, 0.3) is 0 Å². The molecule has 0 radical (unpaired) electrons. The van der Waals surface area contributed by atoms with Crippen molar-refractivity contribution in [3.8, 4) is 0 Å². The second-order valence-electron chi connectivity index (χ2n) is 7.53. The van der Waals surface area contributed by atoms with Crippen molar-refractivity contribution in [2.75, 3.05) is 32.8 Å². The maximum absolute atomic E-state index is 12.9. The van der Waals surface area contributed by atoms with E-state index >= 15 is 0 Å². The predicted octanol–water partition coefficient (Wildman–Crippen LogP) is 2.35. The van der Waals surface area contributed by atoms with Crippen LogP contribution in [0, 0.1) is 6.92 Å². The van der Waals surface area contributed by atoms with Crippen LogP contribution in [0.3, 0.4) is 0 Å². The molecular weight excluding hydrogens is 342 g/mol. The smallest absolute Gasteiger partial charge is 0.318 e. The molecule has 6 heteroatoms. The molecule has 0 saturated carbocycles. The third-order valence-corrected chi connectivity index (χ3v) is 5.56. The fraction of sp³-hybridized carbons (Fsp3) is 0.619. The molecule has 3 rings (SSSR count). The Bertz CT molecular complexity index is 641. The molecule has 0 spiro atoms. The number of ether oxygens (including phenoxy) is 1. The van der Waals surface area contributed by atoms with Crippen molar-refractivity contribution >= 4 is 11.9 Å². The van der Waals surface area contributed by atoms with Crippen LogP contribution in [-0.2, 0) is 16.0 Å². The van der Waals surface area contributed by atoms with Crippen molar-refractivity contribution in [1.29, 1.82) is 0 Å². The first-order valence-electron chi connectivity index (χ1n) is 10.1. The lowest BCUT2D eigenvalue weighted by Crippen LogP contribution is -2.54. The van der Waals surface area contributed by atoms with E-state index in [2.05, 4.69) is 36.5 Å². The van der Waals surface area contributed by atoms with Gasteiger partial charge in [-0.1, -0.05) is 36.8 Å². The number of aryl methyl sites for hydroxylation is 1. The van der Waals surface area contributed by atoms with Gasteiger partial charge in [0.05, 0.1) is 13.2 Å². The van der Waals surface area contributed by atoms with Gasteiger partial charge >= 0.3 is 6.03 Å². The summed E-state index contributed by atoms with van der Waals surface area (Å²) in [6.45, 7) is 7.12. The lowest BCUT2D eigenvalue weighted by molar-refractivity contribution is -0.137. The minimum absolute atomic E-state index is 0.00318. The highest BCUT2D eigenvalue weighted by atomic mass is 16.5. The Labute approximate surface area is 161 Å². The van der Waals surface area contributed by atoms with E-state index in [0.29, 0.717) is 32.7 Å². The van der Waals surface area contributed by atoms with Gasteiger partial charge in [0.1, 0.15) is 6.04 Å². The Kier molecular flexibility index (Phi) is 6.72. The van der Waals surface area contributed by atoms with Crippen LogP contribution < -0.4 is 5.32 Å². The summed E-state index contributed by atoms with van der Waals surface area (Å²) in [6.07, 6.45) is 3.48. The van der Waals surface area contributed by atoms with Crippen molar-refractivity contribution in [3.05, 3.63) is 35.4 Å². The summed E-state index contributed by atoms with van der Waals surface area (Å²) < 4.78 is 5.31. The average molecular weight is 373 g/mol. The molecule has 2 aliphatic rings. The minimum Gasteiger partial charge on any atom is -0.378 e. The van der Waals surface area contributed by atoms with Crippen LogP contribution >= 0.6 is 0 Å². The van der Waals surface area contributed by atoms with E-state index in [1.807, 2.05) is 11.8 Å². The summed E-state index contributed by atoms with van der Waals surface area (Å²) in [5, 5.41) is 2.99. The number of urea groups is 1. The molecule has 3 amide bonds. The lowest BCUT2D eigenvalue weighted by Gasteiger charge is -2.32.